The van der Waals surface area contributed by atoms with Crippen molar-refractivity contribution in [2.45, 2.75) is 123 Å². The number of carbonyl (C=O) groups is 5. The van der Waals surface area contributed by atoms with Crippen molar-refractivity contribution in [1.29, 1.82) is 0 Å². The monoisotopic (exact) mass is 674 g/mol. The SMILES string of the molecule is O=C(O)CCCCC(CCSCC(=O)CCCCC1SCC2NC(=O)NC21)SC(=O)CCCCC1SCC2NC(=O)NC21. The van der Waals surface area contributed by atoms with Gasteiger partial charge >= 0.3 is 18.0 Å². The molecule has 14 heteroatoms. The van der Waals surface area contributed by atoms with E-state index in [0.29, 0.717) is 35.5 Å². The zero-order valence-electron chi connectivity index (χ0n) is 24.7. The molecule has 0 aromatic carbocycles. The Kier molecular flexibility index (Phi) is 14.5. The van der Waals surface area contributed by atoms with Gasteiger partial charge in [-0.05, 0) is 50.7 Å². The van der Waals surface area contributed by atoms with Crippen LogP contribution in [0.1, 0.15) is 83.5 Å². The molecule has 4 fully saturated rings. The highest BCUT2D eigenvalue weighted by molar-refractivity contribution is 8.14. The Balaban J connectivity index is 1.06. The lowest BCUT2D eigenvalue weighted by Crippen LogP contribution is -2.36. The van der Waals surface area contributed by atoms with Crippen LogP contribution in [-0.2, 0) is 14.4 Å². The number of carboxylic acid groups (broad SMARTS) is 1. The molecule has 0 spiro atoms. The molecule has 43 heavy (non-hydrogen) atoms. The molecule has 242 valence electrons. The number of amides is 4. The molecular weight excluding hydrogens is 629 g/mol. The second-order valence-corrected chi connectivity index (χ2v) is 16.9. The highest BCUT2D eigenvalue weighted by Crippen LogP contribution is 2.34. The number of unbranched alkanes of at least 4 members (excludes halogenated alkanes) is 3. The lowest BCUT2D eigenvalue weighted by molar-refractivity contribution is -0.137. The third kappa shape index (κ3) is 11.6. The number of aliphatic carboxylic acids is 1. The van der Waals surface area contributed by atoms with E-state index in [4.69, 9.17) is 5.11 Å². The van der Waals surface area contributed by atoms with Gasteiger partial charge < -0.3 is 26.4 Å². The molecule has 4 heterocycles. The first kappa shape index (κ1) is 34.6. The number of rotatable bonds is 21. The van der Waals surface area contributed by atoms with Crippen molar-refractivity contribution in [3.05, 3.63) is 0 Å². The number of thioether (sulfide) groups is 4. The largest absolute Gasteiger partial charge is 0.481 e. The quantitative estimate of drug-likeness (QED) is 0.0875. The fourth-order valence-corrected chi connectivity index (χ4v) is 11.6. The van der Waals surface area contributed by atoms with Crippen LogP contribution >= 0.6 is 47.0 Å². The molecule has 4 amide bonds. The van der Waals surface area contributed by atoms with E-state index in [0.717, 1.165) is 75.0 Å². The zero-order valence-corrected chi connectivity index (χ0v) is 27.9. The normalized spacial score (nSPS) is 28.0. The van der Waals surface area contributed by atoms with E-state index in [1.54, 1.807) is 11.8 Å². The summed E-state index contributed by atoms with van der Waals surface area (Å²) in [6, 6.07) is 0.729. The number of ketones is 1. The van der Waals surface area contributed by atoms with Crippen molar-refractivity contribution in [1.82, 2.24) is 21.3 Å². The van der Waals surface area contributed by atoms with Crippen molar-refractivity contribution in [2.75, 3.05) is 23.0 Å². The Morgan fingerprint density at radius 2 is 1.35 bits per heavy atom. The average Bonchev–Trinajstić information content (AvgIpc) is 3.71. The van der Waals surface area contributed by atoms with Crippen LogP contribution in [0.25, 0.3) is 0 Å². The number of fused-ring (bicyclic) bond motifs is 2. The van der Waals surface area contributed by atoms with Gasteiger partial charge in [0.05, 0.1) is 29.9 Å². The van der Waals surface area contributed by atoms with Gasteiger partial charge in [0.2, 0.25) is 0 Å². The van der Waals surface area contributed by atoms with Gasteiger partial charge in [0.15, 0.2) is 5.12 Å². The Hall–Kier alpha value is -1.25. The number of hydrogen-bond donors (Lipinski definition) is 5. The molecule has 0 aromatic heterocycles. The van der Waals surface area contributed by atoms with Gasteiger partial charge in [0.25, 0.3) is 0 Å². The predicted molar refractivity (Wildman–Crippen MR) is 177 cm³/mol. The molecule has 10 nitrogen and oxygen atoms in total. The Morgan fingerprint density at radius 3 is 1.95 bits per heavy atom. The van der Waals surface area contributed by atoms with Gasteiger partial charge in [-0.15, -0.1) is 0 Å². The van der Waals surface area contributed by atoms with Crippen molar-refractivity contribution in [2.24, 2.45) is 0 Å². The maximum Gasteiger partial charge on any atom is 0.315 e. The lowest BCUT2D eigenvalue weighted by atomic mass is 10.0. The molecule has 7 unspecified atom stereocenters. The molecule has 0 bridgehead atoms. The highest BCUT2D eigenvalue weighted by atomic mass is 32.2. The van der Waals surface area contributed by atoms with E-state index < -0.39 is 5.97 Å². The third-order valence-electron chi connectivity index (χ3n) is 8.50. The van der Waals surface area contributed by atoms with Crippen molar-refractivity contribution < 1.29 is 29.1 Å². The summed E-state index contributed by atoms with van der Waals surface area (Å²) in [4.78, 5) is 59.2. The summed E-state index contributed by atoms with van der Waals surface area (Å²) >= 11 is 6.84. The van der Waals surface area contributed by atoms with Crippen LogP contribution in [0.15, 0.2) is 0 Å². The standard InChI is InChI=1S/C29H46N4O6S4/c34-18(7-1-3-9-22-26-20(16-41-22)30-28(38)32-26)15-40-14-13-19(8-2-5-11-24(35)36)43-25(37)12-6-4-10-23-27-21(17-42-23)31-29(39)33-27/h19-23,26-27H,1-17H2,(H,35,36)(H2,30,32,38)(H2,31,33,39). The van der Waals surface area contributed by atoms with Gasteiger partial charge in [0, 0.05) is 46.5 Å². The van der Waals surface area contributed by atoms with Crippen LogP contribution in [-0.4, -0.2) is 97.0 Å². The number of carboxylic acids is 1. The molecule has 5 N–H and O–H groups in total. The van der Waals surface area contributed by atoms with E-state index in [1.165, 1.54) is 11.8 Å². The molecule has 4 saturated heterocycles. The first-order valence-corrected chi connectivity index (χ1v) is 19.8. The first-order chi connectivity index (χ1) is 20.8. The maximum absolute atomic E-state index is 12.8. The van der Waals surface area contributed by atoms with Gasteiger partial charge in [-0.1, -0.05) is 31.0 Å². The third-order valence-corrected chi connectivity index (χ3v) is 13.8. The predicted octanol–water partition coefficient (Wildman–Crippen LogP) is 4.40. The van der Waals surface area contributed by atoms with Gasteiger partial charge in [0.1, 0.15) is 5.78 Å². The Labute approximate surface area is 271 Å². The van der Waals surface area contributed by atoms with Crippen LogP contribution in [0.3, 0.4) is 0 Å². The minimum atomic E-state index is -0.789. The second kappa shape index (κ2) is 18.0. The number of carbonyl (C=O) groups excluding carboxylic acids is 4. The molecule has 0 aliphatic carbocycles. The summed E-state index contributed by atoms with van der Waals surface area (Å²) in [6.07, 6.45) is 9.95. The number of urea groups is 2. The van der Waals surface area contributed by atoms with Gasteiger partial charge in [-0.3, -0.25) is 14.4 Å². The van der Waals surface area contributed by atoms with E-state index >= 15 is 0 Å². The summed E-state index contributed by atoms with van der Waals surface area (Å²) in [7, 11) is 0. The molecule has 4 aliphatic heterocycles. The van der Waals surface area contributed by atoms with E-state index in [-0.39, 0.29) is 58.8 Å². The van der Waals surface area contributed by atoms with Crippen LogP contribution in [0, 0.1) is 0 Å². The smallest absolute Gasteiger partial charge is 0.315 e. The molecule has 4 rings (SSSR count). The number of nitrogens with one attached hydrogen (secondary N) is 4. The summed E-state index contributed by atoms with van der Waals surface area (Å²) in [6.45, 7) is 0. The maximum atomic E-state index is 12.8. The minimum Gasteiger partial charge on any atom is -0.481 e. The second-order valence-electron chi connectivity index (χ2n) is 11.9. The minimum absolute atomic E-state index is 0.0650. The summed E-state index contributed by atoms with van der Waals surface area (Å²) in [5.41, 5.74) is 0. The molecule has 0 radical (unpaired) electrons. The van der Waals surface area contributed by atoms with Crippen LogP contribution in [0.5, 0.6) is 0 Å². The van der Waals surface area contributed by atoms with Crippen molar-refractivity contribution >= 4 is 76.0 Å². The highest BCUT2D eigenvalue weighted by Gasteiger charge is 2.43. The van der Waals surface area contributed by atoms with E-state index in [2.05, 4.69) is 21.3 Å². The lowest BCUT2D eigenvalue weighted by Gasteiger charge is -2.17. The van der Waals surface area contributed by atoms with Crippen LogP contribution in [0.4, 0.5) is 9.59 Å². The zero-order chi connectivity index (χ0) is 30.6. The first-order valence-electron chi connectivity index (χ1n) is 15.7. The molecule has 7 atom stereocenters. The van der Waals surface area contributed by atoms with Crippen molar-refractivity contribution in [3.8, 4) is 0 Å². The van der Waals surface area contributed by atoms with Crippen molar-refractivity contribution in [3.63, 3.8) is 0 Å². The van der Waals surface area contributed by atoms with Gasteiger partial charge in [-0.25, -0.2) is 9.59 Å². The van der Waals surface area contributed by atoms with E-state index in [1.807, 2.05) is 23.5 Å². The Morgan fingerprint density at radius 1 is 0.767 bits per heavy atom. The topological polar surface area (TPSA) is 154 Å². The molecule has 4 aliphatic rings. The molecule has 0 aromatic rings. The summed E-state index contributed by atoms with van der Waals surface area (Å²) in [5, 5.41) is 22.1. The van der Waals surface area contributed by atoms with Crippen LogP contribution < -0.4 is 21.3 Å². The Bertz CT molecular complexity index is 991. The van der Waals surface area contributed by atoms with Crippen LogP contribution in [0.2, 0.25) is 0 Å². The number of hydrogen-bond acceptors (Lipinski definition) is 9. The fraction of sp³-hybridized carbons (Fsp3) is 0.828. The summed E-state index contributed by atoms with van der Waals surface area (Å²) in [5.74, 6) is 2.67. The number of Topliss-reactive ketones (excluding diaryl/α,β-unsaturated/α-hetero) is 1. The fourth-order valence-electron chi connectivity index (χ4n) is 6.20. The average molecular weight is 675 g/mol. The van der Waals surface area contributed by atoms with E-state index in [9.17, 15) is 24.0 Å². The molecule has 0 saturated carbocycles. The van der Waals surface area contributed by atoms with Gasteiger partial charge in [-0.2, -0.15) is 35.3 Å². The summed E-state index contributed by atoms with van der Waals surface area (Å²) < 4.78 is 0. The molecular formula is C29H46N4O6S4.